The van der Waals surface area contributed by atoms with Crippen LogP contribution < -0.4 is 5.32 Å². The molecule has 5 nitrogen and oxygen atoms in total. The number of anilines is 1. The summed E-state index contributed by atoms with van der Waals surface area (Å²) in [4.78, 5) is 15.8. The summed E-state index contributed by atoms with van der Waals surface area (Å²) in [6.45, 7) is 0. The van der Waals surface area contributed by atoms with Crippen molar-refractivity contribution in [3.05, 3.63) is 35.0 Å². The first kappa shape index (κ1) is 12.0. The highest BCUT2D eigenvalue weighted by atomic mass is 32.2. The highest BCUT2D eigenvalue weighted by Gasteiger charge is 2.24. The van der Waals surface area contributed by atoms with Gasteiger partial charge in [0.1, 0.15) is 5.82 Å². The van der Waals surface area contributed by atoms with Crippen LogP contribution in [0.25, 0.3) is 5.65 Å². The van der Waals surface area contributed by atoms with Crippen LogP contribution in [0.3, 0.4) is 0 Å². The van der Waals surface area contributed by atoms with Gasteiger partial charge in [0.25, 0.3) is 0 Å². The smallest absolute Gasteiger partial charge is 0.168 e. The Morgan fingerprint density at radius 1 is 1.45 bits per heavy atom. The summed E-state index contributed by atoms with van der Waals surface area (Å²) in [6, 6.07) is 2.60. The number of thioether (sulfide) groups is 1. The van der Waals surface area contributed by atoms with Crippen LogP contribution in [0.5, 0.6) is 0 Å². The van der Waals surface area contributed by atoms with Crippen molar-refractivity contribution in [3.63, 3.8) is 0 Å². The maximum Gasteiger partial charge on any atom is 0.168 e. The van der Waals surface area contributed by atoms with Gasteiger partial charge < -0.3 is 5.32 Å². The van der Waals surface area contributed by atoms with Gasteiger partial charge in [-0.15, -0.1) is 11.8 Å². The first-order chi connectivity index (χ1) is 9.85. The van der Waals surface area contributed by atoms with Crippen LogP contribution in [-0.4, -0.2) is 26.9 Å². The first-order valence-corrected chi connectivity index (χ1v) is 7.70. The minimum atomic E-state index is 0.342. The third-order valence-electron chi connectivity index (χ3n) is 3.59. The fourth-order valence-electron chi connectivity index (χ4n) is 2.36. The molecule has 4 rings (SSSR count). The van der Waals surface area contributed by atoms with Crippen LogP contribution in [0.15, 0.2) is 23.7 Å². The fraction of sp³-hybridized carbons (Fsp3) is 0.357. The fourth-order valence-corrected chi connectivity index (χ4v) is 3.26. The number of aromatic nitrogens is 3. The second kappa shape index (κ2) is 4.63. The number of carbonyl (C=O) groups is 1. The minimum Gasteiger partial charge on any atom is -0.367 e. The Morgan fingerprint density at radius 3 is 3.05 bits per heavy atom. The molecule has 0 radical (unpaired) electrons. The molecule has 1 unspecified atom stereocenters. The maximum absolute atomic E-state index is 11.1. The SMILES string of the molecule is O=Cc1cnn2c(NC3CC3)cc(C3CC=CS3)nc12. The number of hydrogen-bond donors (Lipinski definition) is 1. The summed E-state index contributed by atoms with van der Waals surface area (Å²) in [5.41, 5.74) is 2.20. The lowest BCUT2D eigenvalue weighted by molar-refractivity contribution is 0.112. The maximum atomic E-state index is 11.1. The van der Waals surface area contributed by atoms with Gasteiger partial charge in [0.2, 0.25) is 0 Å². The number of nitrogens with one attached hydrogen (secondary N) is 1. The van der Waals surface area contributed by atoms with Gasteiger partial charge in [-0.3, -0.25) is 4.79 Å². The van der Waals surface area contributed by atoms with E-state index in [1.54, 1.807) is 22.5 Å². The van der Waals surface area contributed by atoms with E-state index in [4.69, 9.17) is 0 Å². The van der Waals surface area contributed by atoms with Gasteiger partial charge >= 0.3 is 0 Å². The number of aldehydes is 1. The second-order valence-corrected chi connectivity index (χ2v) is 6.28. The van der Waals surface area contributed by atoms with Crippen LogP contribution in [-0.2, 0) is 0 Å². The van der Waals surface area contributed by atoms with Crippen molar-refractivity contribution in [3.8, 4) is 0 Å². The zero-order valence-electron chi connectivity index (χ0n) is 10.8. The molecule has 1 atom stereocenters. The summed E-state index contributed by atoms with van der Waals surface area (Å²) in [7, 11) is 0. The number of carbonyl (C=O) groups excluding carboxylic acids is 1. The highest BCUT2D eigenvalue weighted by molar-refractivity contribution is 8.02. The average molecular weight is 286 g/mol. The van der Waals surface area contributed by atoms with Crippen LogP contribution in [0.2, 0.25) is 0 Å². The molecule has 2 aromatic heterocycles. The van der Waals surface area contributed by atoms with Gasteiger partial charge in [0.15, 0.2) is 11.9 Å². The quantitative estimate of drug-likeness (QED) is 0.876. The molecule has 1 aliphatic heterocycles. The number of allylic oxidation sites excluding steroid dienone is 1. The standard InChI is InChI=1S/C14H14N4OS/c19-8-9-7-15-18-13(16-10-3-4-10)6-11(17-14(9)18)12-2-1-5-20-12/h1,5-8,10,12,16H,2-4H2. The van der Waals surface area contributed by atoms with E-state index < -0.39 is 0 Å². The Morgan fingerprint density at radius 2 is 2.35 bits per heavy atom. The van der Waals surface area contributed by atoms with Crippen molar-refractivity contribution in [1.82, 2.24) is 14.6 Å². The Labute approximate surface area is 120 Å². The van der Waals surface area contributed by atoms with E-state index in [0.29, 0.717) is 22.5 Å². The molecular formula is C14H14N4OS. The lowest BCUT2D eigenvalue weighted by Gasteiger charge is -2.13. The molecule has 0 bridgehead atoms. The first-order valence-electron chi connectivity index (χ1n) is 6.76. The Bertz CT molecular complexity index is 697. The predicted molar refractivity (Wildman–Crippen MR) is 79.1 cm³/mol. The monoisotopic (exact) mass is 286 g/mol. The van der Waals surface area contributed by atoms with Crippen molar-refractivity contribution in [2.75, 3.05) is 5.32 Å². The van der Waals surface area contributed by atoms with Crippen molar-refractivity contribution < 1.29 is 4.79 Å². The molecule has 0 saturated heterocycles. The molecule has 0 spiro atoms. The van der Waals surface area contributed by atoms with E-state index in [2.05, 4.69) is 32.9 Å². The molecule has 6 heteroatoms. The van der Waals surface area contributed by atoms with E-state index in [-0.39, 0.29) is 0 Å². The molecule has 2 aromatic rings. The van der Waals surface area contributed by atoms with Crippen LogP contribution in [0.1, 0.15) is 40.6 Å². The number of rotatable bonds is 4. The third-order valence-corrected chi connectivity index (χ3v) is 4.71. The van der Waals surface area contributed by atoms with Gasteiger partial charge in [-0.25, -0.2) is 4.98 Å². The Balaban J connectivity index is 1.84. The lowest BCUT2D eigenvalue weighted by Crippen LogP contribution is -2.10. The summed E-state index contributed by atoms with van der Waals surface area (Å²) < 4.78 is 1.73. The van der Waals surface area contributed by atoms with Gasteiger partial charge in [0.05, 0.1) is 22.7 Å². The topological polar surface area (TPSA) is 59.3 Å². The largest absolute Gasteiger partial charge is 0.367 e. The number of nitrogens with zero attached hydrogens (tertiary/aromatic N) is 3. The van der Waals surface area contributed by atoms with E-state index in [9.17, 15) is 4.79 Å². The Hall–Kier alpha value is -1.82. The van der Waals surface area contributed by atoms with Gasteiger partial charge in [-0.05, 0) is 24.7 Å². The van der Waals surface area contributed by atoms with Crippen molar-refractivity contribution in [2.45, 2.75) is 30.6 Å². The molecule has 102 valence electrons. The van der Waals surface area contributed by atoms with E-state index in [1.807, 2.05) is 0 Å². The number of hydrogen-bond acceptors (Lipinski definition) is 5. The summed E-state index contributed by atoms with van der Waals surface area (Å²) >= 11 is 1.77. The number of fused-ring (bicyclic) bond motifs is 1. The molecule has 0 aromatic carbocycles. The molecule has 20 heavy (non-hydrogen) atoms. The van der Waals surface area contributed by atoms with Crippen LogP contribution in [0.4, 0.5) is 5.82 Å². The van der Waals surface area contributed by atoms with E-state index in [0.717, 1.165) is 24.2 Å². The second-order valence-electron chi connectivity index (χ2n) is 5.17. The zero-order valence-corrected chi connectivity index (χ0v) is 11.6. The molecule has 2 aliphatic rings. The normalized spacial score (nSPS) is 21.5. The molecule has 1 N–H and O–H groups in total. The molecule has 3 heterocycles. The summed E-state index contributed by atoms with van der Waals surface area (Å²) in [5, 5.41) is 10.2. The van der Waals surface area contributed by atoms with Crippen LogP contribution >= 0.6 is 11.8 Å². The summed E-state index contributed by atoms with van der Waals surface area (Å²) in [6.07, 6.45) is 7.94. The molecule has 1 fully saturated rings. The zero-order chi connectivity index (χ0) is 13.5. The Kier molecular flexibility index (Phi) is 2.77. The molecule has 1 saturated carbocycles. The average Bonchev–Trinajstić information content (AvgIpc) is 2.97. The molecular weight excluding hydrogens is 272 g/mol. The highest BCUT2D eigenvalue weighted by Crippen LogP contribution is 2.38. The van der Waals surface area contributed by atoms with E-state index >= 15 is 0 Å². The molecule has 1 aliphatic carbocycles. The summed E-state index contributed by atoms with van der Waals surface area (Å²) in [5.74, 6) is 0.938. The van der Waals surface area contributed by atoms with Gasteiger partial charge in [0, 0.05) is 12.1 Å². The van der Waals surface area contributed by atoms with Crippen molar-refractivity contribution in [2.24, 2.45) is 0 Å². The van der Waals surface area contributed by atoms with E-state index in [1.165, 1.54) is 12.8 Å². The van der Waals surface area contributed by atoms with Crippen molar-refractivity contribution in [1.29, 1.82) is 0 Å². The minimum absolute atomic E-state index is 0.342. The third kappa shape index (κ3) is 2.00. The van der Waals surface area contributed by atoms with Gasteiger partial charge in [-0.2, -0.15) is 9.61 Å². The van der Waals surface area contributed by atoms with Crippen molar-refractivity contribution >= 4 is 29.5 Å². The van der Waals surface area contributed by atoms with Crippen LogP contribution in [0, 0.1) is 0 Å². The van der Waals surface area contributed by atoms with Gasteiger partial charge in [-0.1, -0.05) is 6.08 Å². The molecule has 0 amide bonds. The predicted octanol–water partition coefficient (Wildman–Crippen LogP) is 2.81. The lowest BCUT2D eigenvalue weighted by atomic mass is 10.2.